The van der Waals surface area contributed by atoms with Gasteiger partial charge in [0.2, 0.25) is 5.91 Å². The number of halogens is 1. The Bertz CT molecular complexity index is 994. The van der Waals surface area contributed by atoms with Crippen LogP contribution in [0.2, 0.25) is 0 Å². The zero-order valence-electron chi connectivity index (χ0n) is 14.1. The number of nitrogens with two attached hydrogens (primary N) is 1. The van der Waals surface area contributed by atoms with Crippen LogP contribution in [0.1, 0.15) is 26.3 Å². The molecule has 0 radical (unpaired) electrons. The predicted octanol–water partition coefficient (Wildman–Crippen LogP) is 2.55. The van der Waals surface area contributed by atoms with Crippen molar-refractivity contribution in [3.8, 4) is 5.75 Å². The quantitative estimate of drug-likeness (QED) is 0.697. The second-order valence-electron chi connectivity index (χ2n) is 5.61. The first-order valence-electron chi connectivity index (χ1n) is 7.90. The van der Waals surface area contributed by atoms with E-state index in [1.54, 1.807) is 18.2 Å². The van der Waals surface area contributed by atoms with Crippen molar-refractivity contribution in [3.05, 3.63) is 83.7 Å². The van der Waals surface area contributed by atoms with Gasteiger partial charge in [-0.1, -0.05) is 12.1 Å². The summed E-state index contributed by atoms with van der Waals surface area (Å²) in [5.41, 5.74) is 6.87. The van der Waals surface area contributed by atoms with Gasteiger partial charge in [-0.3, -0.25) is 19.6 Å². The van der Waals surface area contributed by atoms with Gasteiger partial charge in [-0.2, -0.15) is 0 Å². The first kappa shape index (κ1) is 18.0. The van der Waals surface area contributed by atoms with E-state index < -0.39 is 17.6 Å². The molecule has 0 saturated carbocycles. The molecule has 2 aromatic heterocycles. The van der Waals surface area contributed by atoms with E-state index in [-0.39, 0.29) is 17.7 Å². The number of aromatic nitrogens is 2. The van der Waals surface area contributed by atoms with E-state index in [1.807, 2.05) is 6.07 Å². The molecule has 3 rings (SSSR count). The van der Waals surface area contributed by atoms with Crippen molar-refractivity contribution in [2.45, 2.75) is 6.61 Å². The number of nitrogens with one attached hydrogen (secondary N) is 1. The molecular weight excluding hydrogens is 351 g/mol. The predicted molar refractivity (Wildman–Crippen MR) is 95.7 cm³/mol. The molecule has 0 fully saturated rings. The molecule has 0 saturated heterocycles. The number of ether oxygens (including phenoxy) is 1. The standard InChI is InChI=1S/C19H15FN4O3/c20-15-5-14(8-22-9-15)19(26)24-16-3-1-2-12(4-16)11-27-17-6-13(18(21)25)7-23-10-17/h1-10H,11H2,(H2,21,25)(H,24,26). The Hall–Kier alpha value is -3.81. The third-order valence-electron chi connectivity index (χ3n) is 3.56. The lowest BCUT2D eigenvalue weighted by Gasteiger charge is -2.09. The molecule has 1 aromatic carbocycles. The van der Waals surface area contributed by atoms with E-state index in [9.17, 15) is 14.0 Å². The van der Waals surface area contributed by atoms with Gasteiger partial charge in [0.15, 0.2) is 0 Å². The van der Waals surface area contributed by atoms with Crippen LogP contribution in [0.15, 0.2) is 61.2 Å². The van der Waals surface area contributed by atoms with Crippen LogP contribution >= 0.6 is 0 Å². The van der Waals surface area contributed by atoms with Crippen molar-refractivity contribution >= 4 is 17.5 Å². The van der Waals surface area contributed by atoms with Crippen LogP contribution in [0.4, 0.5) is 10.1 Å². The van der Waals surface area contributed by atoms with Crippen molar-refractivity contribution < 1.29 is 18.7 Å². The summed E-state index contributed by atoms with van der Waals surface area (Å²) in [4.78, 5) is 30.9. The molecule has 136 valence electrons. The summed E-state index contributed by atoms with van der Waals surface area (Å²) in [6, 6.07) is 9.58. The molecule has 0 aliphatic carbocycles. The number of amides is 2. The maximum absolute atomic E-state index is 13.2. The minimum Gasteiger partial charge on any atom is -0.487 e. The summed E-state index contributed by atoms with van der Waals surface area (Å²) in [6.07, 6.45) is 5.13. The topological polar surface area (TPSA) is 107 Å². The zero-order chi connectivity index (χ0) is 19.2. The molecule has 8 heteroatoms. The number of pyridine rings is 2. The molecule has 0 bridgehead atoms. The maximum atomic E-state index is 13.2. The van der Waals surface area contributed by atoms with Gasteiger partial charge in [0.05, 0.1) is 23.5 Å². The Morgan fingerprint density at radius 2 is 1.81 bits per heavy atom. The lowest BCUT2D eigenvalue weighted by Crippen LogP contribution is -2.13. The number of anilines is 1. The monoisotopic (exact) mass is 366 g/mol. The van der Waals surface area contributed by atoms with Gasteiger partial charge in [0.25, 0.3) is 5.91 Å². The maximum Gasteiger partial charge on any atom is 0.257 e. The largest absolute Gasteiger partial charge is 0.487 e. The van der Waals surface area contributed by atoms with Crippen LogP contribution in [-0.2, 0) is 6.61 Å². The van der Waals surface area contributed by atoms with Gasteiger partial charge in [0, 0.05) is 18.1 Å². The summed E-state index contributed by atoms with van der Waals surface area (Å²) < 4.78 is 18.8. The Balaban J connectivity index is 1.66. The van der Waals surface area contributed by atoms with Crippen molar-refractivity contribution in [1.82, 2.24) is 9.97 Å². The third-order valence-corrected chi connectivity index (χ3v) is 3.56. The van der Waals surface area contributed by atoms with Gasteiger partial charge < -0.3 is 15.8 Å². The normalized spacial score (nSPS) is 10.3. The fraction of sp³-hybridized carbons (Fsp3) is 0.0526. The first-order chi connectivity index (χ1) is 13.0. The van der Waals surface area contributed by atoms with E-state index in [2.05, 4.69) is 15.3 Å². The number of carbonyl (C=O) groups excluding carboxylic acids is 2. The SMILES string of the molecule is NC(=O)c1cncc(OCc2cccc(NC(=O)c3cncc(F)c3)c2)c1. The molecule has 3 N–H and O–H groups in total. The van der Waals surface area contributed by atoms with Crippen LogP contribution in [-0.4, -0.2) is 21.8 Å². The molecule has 2 heterocycles. The Morgan fingerprint density at radius 1 is 1.04 bits per heavy atom. The van der Waals surface area contributed by atoms with Gasteiger partial charge in [-0.05, 0) is 29.8 Å². The van der Waals surface area contributed by atoms with Crippen molar-refractivity contribution in [3.63, 3.8) is 0 Å². The number of carbonyl (C=O) groups is 2. The summed E-state index contributed by atoms with van der Waals surface area (Å²) >= 11 is 0. The molecule has 7 nitrogen and oxygen atoms in total. The molecule has 0 unspecified atom stereocenters. The average Bonchev–Trinajstić information content (AvgIpc) is 2.67. The fourth-order valence-electron chi connectivity index (χ4n) is 2.28. The molecular formula is C19H15FN4O3. The average molecular weight is 366 g/mol. The van der Waals surface area contributed by atoms with Crippen LogP contribution in [0.25, 0.3) is 0 Å². The Morgan fingerprint density at radius 3 is 2.59 bits per heavy atom. The van der Waals surface area contributed by atoms with E-state index in [4.69, 9.17) is 10.5 Å². The van der Waals surface area contributed by atoms with Crippen molar-refractivity contribution in [2.24, 2.45) is 5.73 Å². The lowest BCUT2D eigenvalue weighted by molar-refractivity contribution is 0.0996. The van der Waals surface area contributed by atoms with Gasteiger partial charge in [0.1, 0.15) is 18.2 Å². The van der Waals surface area contributed by atoms with Gasteiger partial charge >= 0.3 is 0 Å². The van der Waals surface area contributed by atoms with Crippen LogP contribution in [0, 0.1) is 5.82 Å². The molecule has 0 aliphatic rings. The number of hydrogen-bond donors (Lipinski definition) is 2. The lowest BCUT2D eigenvalue weighted by atomic mass is 10.2. The summed E-state index contributed by atoms with van der Waals surface area (Å²) in [7, 11) is 0. The zero-order valence-corrected chi connectivity index (χ0v) is 14.1. The van der Waals surface area contributed by atoms with E-state index in [0.717, 1.165) is 17.8 Å². The molecule has 0 atom stereocenters. The molecule has 3 aromatic rings. The number of benzene rings is 1. The van der Waals surface area contributed by atoms with Crippen LogP contribution in [0.5, 0.6) is 5.75 Å². The third kappa shape index (κ3) is 4.85. The second kappa shape index (κ2) is 8.05. The molecule has 0 aliphatic heterocycles. The number of hydrogen-bond acceptors (Lipinski definition) is 5. The number of primary amides is 1. The first-order valence-corrected chi connectivity index (χ1v) is 7.90. The van der Waals surface area contributed by atoms with Gasteiger partial charge in [-0.15, -0.1) is 0 Å². The highest BCUT2D eigenvalue weighted by Gasteiger charge is 2.08. The van der Waals surface area contributed by atoms with E-state index >= 15 is 0 Å². The highest BCUT2D eigenvalue weighted by Crippen LogP contribution is 2.16. The van der Waals surface area contributed by atoms with Crippen LogP contribution in [0.3, 0.4) is 0 Å². The summed E-state index contributed by atoms with van der Waals surface area (Å²) in [6.45, 7) is 0.190. The molecule has 0 spiro atoms. The molecule has 2 amide bonds. The summed E-state index contributed by atoms with van der Waals surface area (Å²) in [5.74, 6) is -1.26. The Labute approximate surface area is 154 Å². The van der Waals surface area contributed by atoms with Crippen molar-refractivity contribution in [1.29, 1.82) is 0 Å². The van der Waals surface area contributed by atoms with E-state index in [1.165, 1.54) is 24.7 Å². The van der Waals surface area contributed by atoms with E-state index in [0.29, 0.717) is 11.4 Å². The minimum atomic E-state index is -0.593. The van der Waals surface area contributed by atoms with Crippen LogP contribution < -0.4 is 15.8 Å². The minimum absolute atomic E-state index is 0.117. The Kier molecular flexibility index (Phi) is 5.36. The smallest absolute Gasteiger partial charge is 0.257 e. The van der Waals surface area contributed by atoms with Crippen molar-refractivity contribution in [2.75, 3.05) is 5.32 Å². The number of rotatable bonds is 6. The fourth-order valence-corrected chi connectivity index (χ4v) is 2.28. The highest BCUT2D eigenvalue weighted by atomic mass is 19.1. The summed E-state index contributed by atoms with van der Waals surface area (Å²) in [5, 5.41) is 2.67. The molecule has 27 heavy (non-hydrogen) atoms. The second-order valence-corrected chi connectivity index (χ2v) is 5.61. The highest BCUT2D eigenvalue weighted by molar-refractivity contribution is 6.04. The van der Waals surface area contributed by atoms with Gasteiger partial charge in [-0.25, -0.2) is 4.39 Å². The number of nitrogens with zero attached hydrogens (tertiary/aromatic N) is 2.